The molecule has 0 aliphatic heterocycles. The zero-order valence-electron chi connectivity index (χ0n) is 8.00. The van der Waals surface area contributed by atoms with Crippen molar-refractivity contribution in [3.63, 3.8) is 0 Å². The van der Waals surface area contributed by atoms with Crippen molar-refractivity contribution in [2.45, 2.75) is 18.5 Å². The lowest BCUT2D eigenvalue weighted by Crippen LogP contribution is -2.24. The molecule has 14 heavy (non-hydrogen) atoms. The fourth-order valence-corrected chi connectivity index (χ4v) is 2.59. The Kier molecular flexibility index (Phi) is 2.40. The molecule has 2 rings (SSSR count). The largest absolute Gasteiger partial charge is 0.329 e. The predicted molar refractivity (Wildman–Crippen MR) is 58.9 cm³/mol. The van der Waals surface area contributed by atoms with Crippen molar-refractivity contribution in [3.05, 3.63) is 34.3 Å². The van der Waals surface area contributed by atoms with Gasteiger partial charge in [0.05, 0.1) is 0 Å². The molecule has 1 saturated carbocycles. The minimum Gasteiger partial charge on any atom is -0.329 e. The smallest absolute Gasteiger partial charge is 0.115 e. The molecule has 1 aliphatic rings. The second-order valence-corrected chi connectivity index (χ2v) is 4.86. The SMILES string of the molecule is CC1C(F)C1(CN)c1cccc(Br)c1. The van der Waals surface area contributed by atoms with Gasteiger partial charge in [0.25, 0.3) is 0 Å². The molecule has 0 spiro atoms. The maximum atomic E-state index is 13.5. The maximum absolute atomic E-state index is 13.5. The molecule has 1 aromatic rings. The highest BCUT2D eigenvalue weighted by Crippen LogP contribution is 2.55. The van der Waals surface area contributed by atoms with Crippen molar-refractivity contribution in [3.8, 4) is 0 Å². The van der Waals surface area contributed by atoms with E-state index in [0.717, 1.165) is 10.0 Å². The molecule has 76 valence electrons. The zero-order chi connectivity index (χ0) is 10.3. The molecule has 0 saturated heterocycles. The summed E-state index contributed by atoms with van der Waals surface area (Å²) in [5, 5.41) is 0. The molecule has 1 fully saturated rings. The average molecular weight is 258 g/mol. The summed E-state index contributed by atoms with van der Waals surface area (Å²) in [5.74, 6) is 0.0433. The van der Waals surface area contributed by atoms with Crippen molar-refractivity contribution in [2.75, 3.05) is 6.54 Å². The normalized spacial score (nSPS) is 35.7. The molecule has 1 aliphatic carbocycles. The van der Waals surface area contributed by atoms with Crippen molar-refractivity contribution < 1.29 is 4.39 Å². The fraction of sp³-hybridized carbons (Fsp3) is 0.455. The van der Waals surface area contributed by atoms with E-state index in [2.05, 4.69) is 15.9 Å². The molecule has 0 amide bonds. The van der Waals surface area contributed by atoms with Gasteiger partial charge in [0.1, 0.15) is 6.17 Å². The van der Waals surface area contributed by atoms with Gasteiger partial charge in [-0.05, 0) is 17.7 Å². The Balaban J connectivity index is 2.39. The summed E-state index contributed by atoms with van der Waals surface area (Å²) in [6.07, 6.45) is -0.790. The number of nitrogens with two attached hydrogens (primary N) is 1. The zero-order valence-corrected chi connectivity index (χ0v) is 9.59. The first-order valence-corrected chi connectivity index (χ1v) is 5.52. The van der Waals surface area contributed by atoms with Crippen LogP contribution in [0.1, 0.15) is 12.5 Å². The van der Waals surface area contributed by atoms with Gasteiger partial charge in [-0.1, -0.05) is 35.0 Å². The van der Waals surface area contributed by atoms with E-state index >= 15 is 0 Å². The van der Waals surface area contributed by atoms with Crippen LogP contribution in [0.5, 0.6) is 0 Å². The number of hydrogen-bond acceptors (Lipinski definition) is 1. The van der Waals surface area contributed by atoms with Gasteiger partial charge in [-0.15, -0.1) is 0 Å². The van der Waals surface area contributed by atoms with Gasteiger partial charge in [-0.3, -0.25) is 0 Å². The van der Waals surface area contributed by atoms with Crippen LogP contribution >= 0.6 is 15.9 Å². The van der Waals surface area contributed by atoms with Crippen LogP contribution in [0, 0.1) is 5.92 Å². The Morgan fingerprint density at radius 3 is 2.64 bits per heavy atom. The third kappa shape index (κ3) is 1.22. The minimum absolute atomic E-state index is 0.0433. The summed E-state index contributed by atoms with van der Waals surface area (Å²) in [7, 11) is 0. The lowest BCUT2D eigenvalue weighted by atomic mass is 9.94. The first kappa shape index (κ1) is 10.1. The maximum Gasteiger partial charge on any atom is 0.115 e. The average Bonchev–Trinajstić information content (AvgIpc) is 2.71. The monoisotopic (exact) mass is 257 g/mol. The second-order valence-electron chi connectivity index (χ2n) is 3.95. The van der Waals surface area contributed by atoms with Crippen LogP contribution in [0.3, 0.4) is 0 Å². The van der Waals surface area contributed by atoms with Crippen LogP contribution in [0.2, 0.25) is 0 Å². The van der Waals surface area contributed by atoms with E-state index in [0.29, 0.717) is 6.54 Å². The van der Waals surface area contributed by atoms with E-state index in [-0.39, 0.29) is 5.92 Å². The summed E-state index contributed by atoms with van der Waals surface area (Å²) < 4.78 is 14.5. The molecule has 1 aromatic carbocycles. The third-order valence-electron chi connectivity index (χ3n) is 3.33. The summed E-state index contributed by atoms with van der Waals surface area (Å²) in [5.41, 5.74) is 6.26. The van der Waals surface area contributed by atoms with Crippen LogP contribution in [0.4, 0.5) is 4.39 Å². The Bertz CT molecular complexity index is 345. The van der Waals surface area contributed by atoms with Crippen molar-refractivity contribution in [1.29, 1.82) is 0 Å². The summed E-state index contributed by atoms with van der Waals surface area (Å²) in [4.78, 5) is 0. The highest BCUT2D eigenvalue weighted by Gasteiger charge is 2.63. The topological polar surface area (TPSA) is 26.0 Å². The quantitative estimate of drug-likeness (QED) is 0.867. The summed E-state index contributed by atoms with van der Waals surface area (Å²) in [6, 6.07) is 7.78. The molecule has 0 aromatic heterocycles. The molecule has 0 bridgehead atoms. The van der Waals surface area contributed by atoms with E-state index in [1.54, 1.807) is 0 Å². The van der Waals surface area contributed by atoms with Gasteiger partial charge < -0.3 is 5.73 Å². The first-order chi connectivity index (χ1) is 6.63. The lowest BCUT2D eigenvalue weighted by Gasteiger charge is -2.14. The van der Waals surface area contributed by atoms with Crippen LogP contribution in [0.25, 0.3) is 0 Å². The van der Waals surface area contributed by atoms with Gasteiger partial charge in [0, 0.05) is 22.4 Å². The van der Waals surface area contributed by atoms with Crippen molar-refractivity contribution in [1.82, 2.24) is 0 Å². The predicted octanol–water partition coefficient (Wildman–Crippen LogP) is 2.63. The molecule has 3 heteroatoms. The first-order valence-electron chi connectivity index (χ1n) is 4.73. The van der Waals surface area contributed by atoms with Crippen LogP contribution < -0.4 is 5.73 Å². The minimum atomic E-state index is -0.790. The number of alkyl halides is 1. The van der Waals surface area contributed by atoms with Crippen molar-refractivity contribution >= 4 is 15.9 Å². The highest BCUT2D eigenvalue weighted by molar-refractivity contribution is 9.10. The van der Waals surface area contributed by atoms with E-state index in [1.165, 1.54) is 0 Å². The molecular weight excluding hydrogens is 245 g/mol. The molecule has 0 radical (unpaired) electrons. The number of rotatable bonds is 2. The van der Waals surface area contributed by atoms with E-state index in [4.69, 9.17) is 5.73 Å². The molecule has 3 atom stereocenters. The molecular formula is C11H13BrFN. The molecule has 3 unspecified atom stereocenters. The number of halogens is 2. The standard InChI is InChI=1S/C11H13BrFN/c1-7-10(13)11(7,6-14)8-3-2-4-9(12)5-8/h2-5,7,10H,6,14H2,1H3. The van der Waals surface area contributed by atoms with Crippen molar-refractivity contribution in [2.24, 2.45) is 11.7 Å². The van der Waals surface area contributed by atoms with Gasteiger partial charge in [0.15, 0.2) is 0 Å². The Labute approximate surface area is 91.6 Å². The molecule has 0 heterocycles. The highest BCUT2D eigenvalue weighted by atomic mass is 79.9. The summed E-state index contributed by atoms with van der Waals surface area (Å²) in [6.45, 7) is 2.30. The third-order valence-corrected chi connectivity index (χ3v) is 3.83. The molecule has 2 N–H and O–H groups in total. The van der Waals surface area contributed by atoms with Crippen LogP contribution in [-0.4, -0.2) is 12.7 Å². The van der Waals surface area contributed by atoms with Gasteiger partial charge >= 0.3 is 0 Å². The Morgan fingerprint density at radius 2 is 2.21 bits per heavy atom. The van der Waals surface area contributed by atoms with E-state index in [9.17, 15) is 4.39 Å². The summed E-state index contributed by atoms with van der Waals surface area (Å²) >= 11 is 3.39. The Morgan fingerprint density at radius 1 is 1.57 bits per heavy atom. The van der Waals surface area contributed by atoms with E-state index < -0.39 is 11.6 Å². The number of hydrogen-bond donors (Lipinski definition) is 1. The van der Waals surface area contributed by atoms with Gasteiger partial charge in [-0.25, -0.2) is 4.39 Å². The second kappa shape index (κ2) is 3.31. The van der Waals surface area contributed by atoms with Gasteiger partial charge in [0.2, 0.25) is 0 Å². The Hall–Kier alpha value is -0.410. The van der Waals surface area contributed by atoms with Crippen LogP contribution in [-0.2, 0) is 5.41 Å². The van der Waals surface area contributed by atoms with E-state index in [1.807, 2.05) is 31.2 Å². The lowest BCUT2D eigenvalue weighted by molar-refractivity contribution is 0.418. The molecule has 1 nitrogen and oxygen atoms in total. The van der Waals surface area contributed by atoms with Gasteiger partial charge in [-0.2, -0.15) is 0 Å². The fourth-order valence-electron chi connectivity index (χ4n) is 2.19. The number of benzene rings is 1. The van der Waals surface area contributed by atoms with Crippen LogP contribution in [0.15, 0.2) is 28.7 Å².